The fourth-order valence-corrected chi connectivity index (χ4v) is 4.84. The Hall–Kier alpha value is -1.10. The number of carbonyl (C=O) groups is 2. The van der Waals surface area contributed by atoms with Gasteiger partial charge < -0.3 is 15.5 Å². The van der Waals surface area contributed by atoms with Crippen molar-refractivity contribution in [2.45, 2.75) is 70.8 Å². The SMILES string of the molecule is CC(CC(=O)NC1CCN(C(=O)C2CCCCC2)C1)C1CCNCC1. The van der Waals surface area contributed by atoms with Gasteiger partial charge in [0, 0.05) is 31.5 Å². The largest absolute Gasteiger partial charge is 0.352 e. The van der Waals surface area contributed by atoms with E-state index < -0.39 is 0 Å². The number of rotatable bonds is 5. The number of amides is 2. The predicted octanol–water partition coefficient (Wildman–Crippen LogP) is 2.31. The Labute approximate surface area is 152 Å². The summed E-state index contributed by atoms with van der Waals surface area (Å²) in [5.74, 6) is 1.86. The van der Waals surface area contributed by atoms with Gasteiger partial charge in [0.15, 0.2) is 0 Å². The van der Waals surface area contributed by atoms with Gasteiger partial charge in [-0.3, -0.25) is 9.59 Å². The molecule has 2 atom stereocenters. The average Bonchev–Trinajstić information content (AvgIpc) is 3.10. The molecule has 0 spiro atoms. The normalized spacial score (nSPS) is 27.2. The summed E-state index contributed by atoms with van der Waals surface area (Å²) in [5, 5.41) is 6.57. The molecule has 1 saturated carbocycles. The second-order valence-corrected chi connectivity index (χ2v) is 8.44. The number of hydrogen-bond acceptors (Lipinski definition) is 3. The van der Waals surface area contributed by atoms with E-state index in [1.54, 1.807) is 0 Å². The van der Waals surface area contributed by atoms with E-state index in [2.05, 4.69) is 17.6 Å². The van der Waals surface area contributed by atoms with Gasteiger partial charge in [-0.15, -0.1) is 0 Å². The second-order valence-electron chi connectivity index (χ2n) is 8.44. The maximum absolute atomic E-state index is 12.6. The molecule has 2 heterocycles. The van der Waals surface area contributed by atoms with Crippen LogP contribution in [0.15, 0.2) is 0 Å². The van der Waals surface area contributed by atoms with E-state index in [1.807, 2.05) is 4.90 Å². The molecule has 5 nitrogen and oxygen atoms in total. The van der Waals surface area contributed by atoms with E-state index in [1.165, 1.54) is 32.1 Å². The Balaban J connectivity index is 1.39. The first-order valence-electron chi connectivity index (χ1n) is 10.4. The van der Waals surface area contributed by atoms with Gasteiger partial charge in [-0.1, -0.05) is 26.2 Å². The molecule has 2 unspecified atom stereocenters. The van der Waals surface area contributed by atoms with Gasteiger partial charge in [0.2, 0.25) is 11.8 Å². The van der Waals surface area contributed by atoms with Gasteiger partial charge in [0.1, 0.15) is 0 Å². The molecule has 2 aliphatic heterocycles. The van der Waals surface area contributed by atoms with Crippen LogP contribution >= 0.6 is 0 Å². The molecule has 142 valence electrons. The van der Waals surface area contributed by atoms with Crippen molar-refractivity contribution < 1.29 is 9.59 Å². The highest BCUT2D eigenvalue weighted by Crippen LogP contribution is 2.27. The fraction of sp³-hybridized carbons (Fsp3) is 0.900. The minimum absolute atomic E-state index is 0.153. The van der Waals surface area contributed by atoms with Crippen LogP contribution in [-0.4, -0.2) is 48.9 Å². The lowest BCUT2D eigenvalue weighted by Crippen LogP contribution is -2.41. The highest BCUT2D eigenvalue weighted by Gasteiger charge is 2.32. The van der Waals surface area contributed by atoms with E-state index in [0.717, 1.165) is 38.9 Å². The number of nitrogens with one attached hydrogen (secondary N) is 2. The molecule has 0 bridgehead atoms. The standard InChI is InChI=1S/C20H35N3O2/c1-15(16-7-10-21-11-8-16)13-19(24)22-18-9-12-23(14-18)20(25)17-5-3-2-4-6-17/h15-18,21H,2-14H2,1H3,(H,22,24). The van der Waals surface area contributed by atoms with Crippen LogP contribution in [0.3, 0.4) is 0 Å². The second kappa shape index (κ2) is 9.02. The van der Waals surface area contributed by atoms with Crippen LogP contribution in [-0.2, 0) is 9.59 Å². The van der Waals surface area contributed by atoms with Gasteiger partial charge in [0.05, 0.1) is 0 Å². The van der Waals surface area contributed by atoms with E-state index in [0.29, 0.717) is 30.7 Å². The monoisotopic (exact) mass is 349 g/mol. The van der Waals surface area contributed by atoms with Crippen molar-refractivity contribution in [2.24, 2.45) is 17.8 Å². The summed E-state index contributed by atoms with van der Waals surface area (Å²) in [7, 11) is 0. The summed E-state index contributed by atoms with van der Waals surface area (Å²) in [6.45, 7) is 5.89. The van der Waals surface area contributed by atoms with Crippen LogP contribution < -0.4 is 10.6 Å². The van der Waals surface area contributed by atoms with Crippen molar-refractivity contribution in [3.63, 3.8) is 0 Å². The molecule has 0 aromatic carbocycles. The molecule has 2 amide bonds. The first-order chi connectivity index (χ1) is 12.1. The maximum atomic E-state index is 12.6. The first kappa shape index (κ1) is 18.7. The lowest BCUT2D eigenvalue weighted by molar-refractivity contribution is -0.135. The van der Waals surface area contributed by atoms with Crippen LogP contribution in [0, 0.1) is 17.8 Å². The molecular weight excluding hydrogens is 314 g/mol. The summed E-state index contributed by atoms with van der Waals surface area (Å²) in [6, 6.07) is 0.153. The molecule has 2 N–H and O–H groups in total. The van der Waals surface area contributed by atoms with Crippen LogP contribution in [0.4, 0.5) is 0 Å². The molecule has 3 aliphatic rings. The summed E-state index contributed by atoms with van der Waals surface area (Å²) < 4.78 is 0. The minimum atomic E-state index is 0.153. The fourth-order valence-electron chi connectivity index (χ4n) is 4.84. The van der Waals surface area contributed by atoms with Crippen LogP contribution in [0.5, 0.6) is 0 Å². The van der Waals surface area contributed by atoms with Crippen molar-refractivity contribution >= 4 is 11.8 Å². The number of piperidine rings is 1. The minimum Gasteiger partial charge on any atom is -0.352 e. The summed E-state index contributed by atoms with van der Waals surface area (Å²) in [5.41, 5.74) is 0. The first-order valence-corrected chi connectivity index (χ1v) is 10.4. The Kier molecular flexibility index (Phi) is 6.74. The highest BCUT2D eigenvalue weighted by molar-refractivity contribution is 5.80. The van der Waals surface area contributed by atoms with Crippen molar-refractivity contribution in [1.82, 2.24) is 15.5 Å². The molecule has 0 radical (unpaired) electrons. The Morgan fingerprint density at radius 2 is 1.80 bits per heavy atom. The highest BCUT2D eigenvalue weighted by atomic mass is 16.2. The van der Waals surface area contributed by atoms with Crippen molar-refractivity contribution in [3.8, 4) is 0 Å². The van der Waals surface area contributed by atoms with E-state index in [4.69, 9.17) is 0 Å². The smallest absolute Gasteiger partial charge is 0.225 e. The number of nitrogens with zero attached hydrogens (tertiary/aromatic N) is 1. The lowest BCUT2D eigenvalue weighted by Gasteiger charge is -2.28. The van der Waals surface area contributed by atoms with Crippen LogP contribution in [0.1, 0.15) is 64.7 Å². The Morgan fingerprint density at radius 3 is 2.52 bits per heavy atom. The van der Waals surface area contributed by atoms with Crippen LogP contribution in [0.25, 0.3) is 0 Å². The van der Waals surface area contributed by atoms with Crippen LogP contribution in [0.2, 0.25) is 0 Å². The van der Waals surface area contributed by atoms with Gasteiger partial charge in [-0.25, -0.2) is 0 Å². The number of carbonyl (C=O) groups excluding carboxylic acids is 2. The van der Waals surface area contributed by atoms with Crippen molar-refractivity contribution in [2.75, 3.05) is 26.2 Å². The summed E-state index contributed by atoms with van der Waals surface area (Å²) in [6.07, 6.45) is 9.67. The van der Waals surface area contributed by atoms with Crippen molar-refractivity contribution in [1.29, 1.82) is 0 Å². The maximum Gasteiger partial charge on any atom is 0.225 e. The number of likely N-dealkylation sites (tertiary alicyclic amines) is 1. The molecule has 1 aliphatic carbocycles. The summed E-state index contributed by atoms with van der Waals surface area (Å²) >= 11 is 0. The van der Waals surface area contributed by atoms with E-state index >= 15 is 0 Å². The summed E-state index contributed by atoms with van der Waals surface area (Å²) in [4.78, 5) is 27.0. The Morgan fingerprint density at radius 1 is 1.08 bits per heavy atom. The molecule has 0 aromatic heterocycles. The predicted molar refractivity (Wildman–Crippen MR) is 99.1 cm³/mol. The quantitative estimate of drug-likeness (QED) is 0.801. The van der Waals surface area contributed by atoms with Gasteiger partial charge in [-0.05, 0) is 57.0 Å². The van der Waals surface area contributed by atoms with Gasteiger partial charge in [0.25, 0.3) is 0 Å². The lowest BCUT2D eigenvalue weighted by atomic mass is 9.84. The average molecular weight is 350 g/mol. The zero-order valence-corrected chi connectivity index (χ0v) is 15.8. The molecule has 5 heteroatoms. The third-order valence-corrected chi connectivity index (χ3v) is 6.52. The molecule has 25 heavy (non-hydrogen) atoms. The topological polar surface area (TPSA) is 61.4 Å². The van der Waals surface area contributed by atoms with E-state index in [9.17, 15) is 9.59 Å². The molecule has 2 saturated heterocycles. The third-order valence-electron chi connectivity index (χ3n) is 6.52. The molecule has 3 rings (SSSR count). The van der Waals surface area contributed by atoms with Crippen molar-refractivity contribution in [3.05, 3.63) is 0 Å². The van der Waals surface area contributed by atoms with Gasteiger partial charge in [-0.2, -0.15) is 0 Å². The third kappa shape index (κ3) is 5.19. The van der Waals surface area contributed by atoms with Gasteiger partial charge >= 0.3 is 0 Å². The zero-order chi connectivity index (χ0) is 17.6. The molecular formula is C20H35N3O2. The number of hydrogen-bond donors (Lipinski definition) is 2. The zero-order valence-electron chi connectivity index (χ0n) is 15.8. The molecule has 0 aromatic rings. The molecule has 3 fully saturated rings. The van der Waals surface area contributed by atoms with E-state index in [-0.39, 0.29) is 17.9 Å². The Bertz CT molecular complexity index is 456.